The zero-order chi connectivity index (χ0) is 17.6. The van der Waals surface area contributed by atoms with Gasteiger partial charge in [0, 0.05) is 35.5 Å². The summed E-state index contributed by atoms with van der Waals surface area (Å²) in [6.07, 6.45) is 0.319. The number of hydrogen-bond donors (Lipinski definition) is 1. The zero-order valence-corrected chi connectivity index (χ0v) is 14.4. The Morgan fingerprint density at radius 2 is 1.92 bits per heavy atom. The van der Waals surface area contributed by atoms with Crippen molar-refractivity contribution in [3.8, 4) is 0 Å². The smallest absolute Gasteiger partial charge is 0.310 e. The van der Waals surface area contributed by atoms with Gasteiger partial charge in [0.2, 0.25) is 0 Å². The highest BCUT2D eigenvalue weighted by Crippen LogP contribution is 2.35. The molecule has 128 valence electrons. The van der Waals surface area contributed by atoms with Crippen LogP contribution in [0.15, 0.2) is 29.3 Å². The number of aromatic nitrogens is 1. The van der Waals surface area contributed by atoms with Gasteiger partial charge in [-0.3, -0.25) is 14.8 Å². The van der Waals surface area contributed by atoms with Crippen molar-refractivity contribution in [2.24, 2.45) is 4.99 Å². The Labute approximate surface area is 146 Å². The standard InChI is InChI=1S/C20H20N2O3/c1-11-5-14(6-12(2)22-11)20-17-9-16-13(7-15(17)10-21-20)8-19(24)25-18(16)3-4-23/h5-7,9,18,23H,3-4,8,10H2,1-2H3. The minimum Gasteiger partial charge on any atom is -0.457 e. The van der Waals surface area contributed by atoms with E-state index in [1.165, 1.54) is 0 Å². The van der Waals surface area contributed by atoms with Crippen LogP contribution in [-0.4, -0.2) is 28.4 Å². The van der Waals surface area contributed by atoms with Crippen molar-refractivity contribution in [2.45, 2.75) is 39.3 Å². The molecule has 0 fully saturated rings. The second-order valence-corrected chi connectivity index (χ2v) is 6.68. The molecular formula is C20H20N2O3. The molecule has 3 heterocycles. The first kappa shape index (κ1) is 16.0. The number of hydrogen-bond acceptors (Lipinski definition) is 5. The number of esters is 1. The number of pyridine rings is 1. The minimum atomic E-state index is -0.380. The third-order valence-corrected chi connectivity index (χ3v) is 4.73. The number of carbonyl (C=O) groups excluding carboxylic acids is 1. The molecule has 0 saturated heterocycles. The molecule has 1 N–H and O–H groups in total. The fraction of sp³-hybridized carbons (Fsp3) is 0.350. The van der Waals surface area contributed by atoms with Crippen LogP contribution in [-0.2, 0) is 22.5 Å². The molecule has 1 atom stereocenters. The lowest BCUT2D eigenvalue weighted by atomic mass is 9.89. The molecule has 0 aliphatic carbocycles. The maximum atomic E-state index is 11.8. The van der Waals surface area contributed by atoms with Gasteiger partial charge in [-0.1, -0.05) is 6.07 Å². The van der Waals surface area contributed by atoms with Crippen LogP contribution in [0.3, 0.4) is 0 Å². The van der Waals surface area contributed by atoms with Crippen LogP contribution >= 0.6 is 0 Å². The Balaban J connectivity index is 1.80. The number of rotatable bonds is 3. The van der Waals surface area contributed by atoms with Gasteiger partial charge in [-0.25, -0.2) is 0 Å². The number of aliphatic hydroxyl groups is 1. The number of cyclic esters (lactones) is 1. The second-order valence-electron chi connectivity index (χ2n) is 6.68. The molecule has 1 aromatic carbocycles. The predicted octanol–water partition coefficient (Wildman–Crippen LogP) is 2.57. The molecule has 0 bridgehead atoms. The summed E-state index contributed by atoms with van der Waals surface area (Å²) >= 11 is 0. The molecule has 1 unspecified atom stereocenters. The number of aliphatic hydroxyl groups excluding tert-OH is 1. The molecule has 25 heavy (non-hydrogen) atoms. The van der Waals surface area contributed by atoms with Gasteiger partial charge in [0.05, 0.1) is 18.7 Å². The molecule has 0 spiro atoms. The molecule has 0 amide bonds. The average Bonchev–Trinajstić information content (AvgIpc) is 2.95. The van der Waals surface area contributed by atoms with Gasteiger partial charge in [0.15, 0.2) is 0 Å². The van der Waals surface area contributed by atoms with Gasteiger partial charge >= 0.3 is 5.97 Å². The molecular weight excluding hydrogens is 316 g/mol. The molecule has 5 nitrogen and oxygen atoms in total. The largest absolute Gasteiger partial charge is 0.457 e. The van der Waals surface area contributed by atoms with Crippen molar-refractivity contribution >= 4 is 11.7 Å². The predicted molar refractivity (Wildman–Crippen MR) is 93.7 cm³/mol. The van der Waals surface area contributed by atoms with E-state index in [2.05, 4.69) is 17.1 Å². The summed E-state index contributed by atoms with van der Waals surface area (Å²) in [5.74, 6) is -0.231. The molecule has 2 aliphatic rings. The summed E-state index contributed by atoms with van der Waals surface area (Å²) in [7, 11) is 0. The highest BCUT2D eigenvalue weighted by atomic mass is 16.5. The Hall–Kier alpha value is -2.53. The van der Waals surface area contributed by atoms with Gasteiger partial charge < -0.3 is 9.84 Å². The molecule has 1 aromatic heterocycles. The maximum absolute atomic E-state index is 11.8. The van der Waals surface area contributed by atoms with Crippen molar-refractivity contribution in [3.05, 3.63) is 63.5 Å². The van der Waals surface area contributed by atoms with E-state index in [9.17, 15) is 9.90 Å². The van der Waals surface area contributed by atoms with E-state index < -0.39 is 0 Å². The number of ether oxygens (including phenoxy) is 1. The summed E-state index contributed by atoms with van der Waals surface area (Å²) in [6, 6.07) is 8.26. The van der Waals surface area contributed by atoms with Crippen molar-refractivity contribution in [2.75, 3.05) is 6.61 Å². The van der Waals surface area contributed by atoms with Crippen LogP contribution in [0.4, 0.5) is 0 Å². The Morgan fingerprint density at radius 3 is 2.64 bits per heavy atom. The third kappa shape index (κ3) is 2.85. The summed E-state index contributed by atoms with van der Waals surface area (Å²) in [5.41, 5.74) is 8.17. The molecule has 4 rings (SSSR count). The number of aliphatic imine (C=N–C) groups is 1. The van der Waals surface area contributed by atoms with E-state index >= 15 is 0 Å². The van der Waals surface area contributed by atoms with Crippen molar-refractivity contribution in [1.29, 1.82) is 0 Å². The lowest BCUT2D eigenvalue weighted by molar-refractivity contribution is -0.151. The van der Waals surface area contributed by atoms with Crippen LogP contribution in [0, 0.1) is 13.8 Å². The van der Waals surface area contributed by atoms with E-state index in [0.29, 0.717) is 13.0 Å². The summed E-state index contributed by atoms with van der Waals surface area (Å²) < 4.78 is 5.44. The van der Waals surface area contributed by atoms with Crippen LogP contribution in [0.25, 0.3) is 0 Å². The normalized spacial score (nSPS) is 18.4. The molecule has 2 aliphatic heterocycles. The summed E-state index contributed by atoms with van der Waals surface area (Å²) in [4.78, 5) is 21.0. The lowest BCUT2D eigenvalue weighted by Gasteiger charge is -2.26. The first-order valence-corrected chi connectivity index (χ1v) is 8.51. The van der Waals surface area contributed by atoms with E-state index in [-0.39, 0.29) is 25.1 Å². The fourth-order valence-electron chi connectivity index (χ4n) is 3.73. The quantitative estimate of drug-likeness (QED) is 0.875. The van der Waals surface area contributed by atoms with Crippen LogP contribution in [0.2, 0.25) is 0 Å². The first-order chi connectivity index (χ1) is 12.0. The van der Waals surface area contributed by atoms with Crippen molar-refractivity contribution in [3.63, 3.8) is 0 Å². The monoisotopic (exact) mass is 336 g/mol. The Kier molecular flexibility index (Phi) is 3.88. The summed E-state index contributed by atoms with van der Waals surface area (Å²) in [5, 5.41) is 9.29. The Morgan fingerprint density at radius 1 is 1.16 bits per heavy atom. The maximum Gasteiger partial charge on any atom is 0.310 e. The second kappa shape index (κ2) is 6.08. The van der Waals surface area contributed by atoms with E-state index in [4.69, 9.17) is 9.73 Å². The van der Waals surface area contributed by atoms with Gasteiger partial charge in [-0.2, -0.15) is 0 Å². The fourth-order valence-corrected chi connectivity index (χ4v) is 3.73. The van der Waals surface area contributed by atoms with Gasteiger partial charge in [-0.15, -0.1) is 0 Å². The molecule has 2 aromatic rings. The average molecular weight is 336 g/mol. The number of nitrogens with zero attached hydrogens (tertiary/aromatic N) is 2. The minimum absolute atomic E-state index is 0.0157. The lowest BCUT2D eigenvalue weighted by Crippen LogP contribution is -2.23. The van der Waals surface area contributed by atoms with E-state index in [1.54, 1.807) is 0 Å². The highest BCUT2D eigenvalue weighted by Gasteiger charge is 2.29. The van der Waals surface area contributed by atoms with Crippen LogP contribution in [0.5, 0.6) is 0 Å². The zero-order valence-electron chi connectivity index (χ0n) is 14.4. The van der Waals surface area contributed by atoms with Gasteiger partial charge in [-0.05, 0) is 48.7 Å². The number of carbonyl (C=O) groups is 1. The van der Waals surface area contributed by atoms with Gasteiger partial charge in [0.25, 0.3) is 0 Å². The first-order valence-electron chi connectivity index (χ1n) is 8.51. The SMILES string of the molecule is Cc1cc(C2=NCc3cc4c(cc32)C(CCO)OC(=O)C4)cc(C)n1. The van der Waals surface area contributed by atoms with Crippen LogP contribution in [0.1, 0.15) is 51.7 Å². The number of aryl methyl sites for hydroxylation is 2. The number of fused-ring (bicyclic) bond motifs is 2. The van der Waals surface area contributed by atoms with Crippen LogP contribution < -0.4 is 0 Å². The molecule has 0 radical (unpaired) electrons. The van der Waals surface area contributed by atoms with E-state index in [1.807, 2.05) is 26.0 Å². The highest BCUT2D eigenvalue weighted by molar-refractivity contribution is 6.15. The summed E-state index contributed by atoms with van der Waals surface area (Å²) in [6.45, 7) is 4.57. The van der Waals surface area contributed by atoms with Crippen molar-refractivity contribution in [1.82, 2.24) is 4.98 Å². The van der Waals surface area contributed by atoms with E-state index in [0.717, 1.165) is 44.9 Å². The molecule has 5 heteroatoms. The Bertz CT molecular complexity index is 882. The topological polar surface area (TPSA) is 71.8 Å². The van der Waals surface area contributed by atoms with Crippen molar-refractivity contribution < 1.29 is 14.6 Å². The molecule has 0 saturated carbocycles. The number of benzene rings is 1. The van der Waals surface area contributed by atoms with Gasteiger partial charge in [0.1, 0.15) is 6.10 Å². The third-order valence-electron chi connectivity index (χ3n) is 4.73.